The normalized spacial score (nSPS) is 13.8. The molecule has 0 atom stereocenters. The van der Waals surface area contributed by atoms with Gasteiger partial charge in [-0.15, -0.1) is 10.2 Å². The lowest BCUT2D eigenvalue weighted by Gasteiger charge is -1.74. The van der Waals surface area contributed by atoms with Crippen molar-refractivity contribution < 1.29 is 0 Å². The minimum absolute atomic E-state index is 0.614. The Hall–Kier alpha value is -1.78. The smallest absolute Gasteiger partial charge is 0.248 e. The molecule has 1 aliphatic rings. The Morgan fingerprint density at radius 2 is 2.36 bits per heavy atom. The lowest BCUT2D eigenvalue weighted by atomic mass is 10.5. The molecule has 0 aliphatic carbocycles. The topological polar surface area (TPSA) is 55.4 Å². The highest BCUT2D eigenvalue weighted by Crippen LogP contribution is 2.01. The predicted molar refractivity (Wildman–Crippen MR) is 36.6 cm³/mol. The first kappa shape index (κ1) is 4.95. The van der Waals surface area contributed by atoms with Crippen molar-refractivity contribution in [1.82, 2.24) is 19.6 Å². The Bertz CT molecular complexity index is 494. The molecule has 0 spiro atoms. The number of aromatic nitrogens is 4. The van der Waals surface area contributed by atoms with Gasteiger partial charge in [0.25, 0.3) is 5.78 Å². The second kappa shape index (κ2) is 1.45. The molecule has 52 valence electrons. The molecule has 0 saturated carbocycles. The fourth-order valence-electron chi connectivity index (χ4n) is 1.15. The van der Waals surface area contributed by atoms with Gasteiger partial charge in [-0.3, -0.25) is 0 Å². The Morgan fingerprint density at radius 3 is 3.36 bits per heavy atom. The molecule has 5 nitrogen and oxygen atoms in total. The summed E-state index contributed by atoms with van der Waals surface area (Å²) >= 11 is 0. The summed E-state index contributed by atoms with van der Waals surface area (Å²) in [5.41, 5.74) is 1.69. The zero-order valence-corrected chi connectivity index (χ0v) is 5.47. The standard InChI is InChI=1S/C6H3N5/c1-2-7-5-4(1)9-6-10-8-3-11(5)6/h1-3H. The quantitative estimate of drug-likeness (QED) is 0.499. The first-order valence-electron chi connectivity index (χ1n) is 3.19. The van der Waals surface area contributed by atoms with Crippen LogP contribution < -0.4 is 5.49 Å². The number of imidazole rings is 1. The van der Waals surface area contributed by atoms with Crippen molar-refractivity contribution in [1.29, 1.82) is 0 Å². The van der Waals surface area contributed by atoms with Gasteiger partial charge in [-0.2, -0.15) is 0 Å². The third-order valence-corrected chi connectivity index (χ3v) is 1.64. The second-order valence-corrected chi connectivity index (χ2v) is 2.27. The summed E-state index contributed by atoms with van der Waals surface area (Å²) in [5, 5.41) is 7.49. The first-order valence-corrected chi connectivity index (χ1v) is 3.19. The number of rotatable bonds is 0. The van der Waals surface area contributed by atoms with E-state index in [-0.39, 0.29) is 0 Å². The molecular weight excluding hydrogens is 142 g/mol. The highest BCUT2D eigenvalue weighted by atomic mass is 15.3. The average molecular weight is 145 g/mol. The van der Waals surface area contributed by atoms with E-state index in [1.54, 1.807) is 16.9 Å². The lowest BCUT2D eigenvalue weighted by molar-refractivity contribution is 1.05. The van der Waals surface area contributed by atoms with Crippen LogP contribution in [-0.4, -0.2) is 19.6 Å². The highest BCUT2D eigenvalue weighted by Gasteiger charge is 2.08. The van der Waals surface area contributed by atoms with E-state index in [1.165, 1.54) is 0 Å². The molecule has 3 heterocycles. The number of fused-ring (bicyclic) bond motifs is 3. The molecule has 0 radical (unpaired) electrons. The molecule has 0 aromatic carbocycles. The fourth-order valence-corrected chi connectivity index (χ4v) is 1.15. The first-order chi connectivity index (χ1) is 5.45. The van der Waals surface area contributed by atoms with Crippen molar-refractivity contribution >= 4 is 11.9 Å². The van der Waals surface area contributed by atoms with Crippen molar-refractivity contribution in [2.24, 2.45) is 4.99 Å². The molecule has 0 saturated heterocycles. The van der Waals surface area contributed by atoms with Crippen LogP contribution in [0.2, 0.25) is 0 Å². The fraction of sp³-hybridized carbons (Fsp3) is 0. The molecule has 3 rings (SSSR count). The van der Waals surface area contributed by atoms with Crippen molar-refractivity contribution in [3.63, 3.8) is 0 Å². The van der Waals surface area contributed by atoms with Gasteiger partial charge in [0.1, 0.15) is 12.0 Å². The Morgan fingerprint density at radius 1 is 1.36 bits per heavy atom. The molecule has 5 heteroatoms. The zero-order valence-electron chi connectivity index (χ0n) is 5.47. The van der Waals surface area contributed by atoms with E-state index in [0.29, 0.717) is 5.78 Å². The number of hydrogen-bond acceptors (Lipinski definition) is 4. The monoisotopic (exact) mass is 145 g/mol. The van der Waals surface area contributed by atoms with E-state index in [9.17, 15) is 0 Å². The van der Waals surface area contributed by atoms with Crippen LogP contribution in [0, 0.1) is 0 Å². The van der Waals surface area contributed by atoms with Gasteiger partial charge in [-0.1, -0.05) is 0 Å². The van der Waals surface area contributed by atoms with Crippen molar-refractivity contribution in [3.8, 4) is 0 Å². The summed E-state index contributed by atoms with van der Waals surface area (Å²) in [6.07, 6.45) is 5.18. The molecule has 0 bridgehead atoms. The molecule has 0 unspecified atom stereocenters. The van der Waals surface area contributed by atoms with Crippen LogP contribution in [0.15, 0.2) is 17.5 Å². The summed E-state index contributed by atoms with van der Waals surface area (Å²) in [4.78, 5) is 8.26. The van der Waals surface area contributed by atoms with Crippen LogP contribution in [0.3, 0.4) is 0 Å². The summed E-state index contributed by atoms with van der Waals surface area (Å²) in [6.45, 7) is 0. The van der Waals surface area contributed by atoms with E-state index < -0.39 is 0 Å². The summed E-state index contributed by atoms with van der Waals surface area (Å²) < 4.78 is 1.76. The van der Waals surface area contributed by atoms with Crippen LogP contribution in [0.1, 0.15) is 5.69 Å². The van der Waals surface area contributed by atoms with Crippen LogP contribution in [0.4, 0.5) is 0 Å². The average Bonchev–Trinajstić information content (AvgIpc) is 2.52. The summed E-state index contributed by atoms with van der Waals surface area (Å²) in [6, 6.07) is 0. The maximum absolute atomic E-state index is 4.16. The summed E-state index contributed by atoms with van der Waals surface area (Å²) in [7, 11) is 0. The van der Waals surface area contributed by atoms with Crippen molar-refractivity contribution in [2.75, 3.05) is 0 Å². The molecule has 0 fully saturated rings. The Labute approximate surface area is 61.1 Å². The highest BCUT2D eigenvalue weighted by molar-refractivity contribution is 5.50. The Kier molecular flexibility index (Phi) is 0.650. The minimum Gasteiger partial charge on any atom is -0.248 e. The lowest BCUT2D eigenvalue weighted by Crippen LogP contribution is -2.07. The van der Waals surface area contributed by atoms with Gasteiger partial charge in [0.2, 0.25) is 0 Å². The van der Waals surface area contributed by atoms with E-state index in [4.69, 9.17) is 0 Å². The van der Waals surface area contributed by atoms with E-state index in [1.807, 2.05) is 6.08 Å². The molecule has 2 aromatic rings. The SMILES string of the molecule is C1=Cc2nc3nncn3c2=N1. The van der Waals surface area contributed by atoms with Gasteiger partial charge < -0.3 is 0 Å². The van der Waals surface area contributed by atoms with Gasteiger partial charge in [0.05, 0.1) is 0 Å². The third kappa shape index (κ3) is 0.463. The van der Waals surface area contributed by atoms with Crippen molar-refractivity contribution in [3.05, 3.63) is 23.7 Å². The predicted octanol–water partition coefficient (Wildman–Crippen LogP) is -0.553. The van der Waals surface area contributed by atoms with Crippen LogP contribution >= 0.6 is 0 Å². The molecule has 1 aliphatic heterocycles. The van der Waals surface area contributed by atoms with E-state index in [2.05, 4.69) is 20.2 Å². The second-order valence-electron chi connectivity index (χ2n) is 2.27. The Balaban J connectivity index is 2.68. The van der Waals surface area contributed by atoms with Gasteiger partial charge in [0.15, 0.2) is 5.49 Å². The number of nitrogens with zero attached hydrogens (tertiary/aromatic N) is 5. The van der Waals surface area contributed by atoms with Gasteiger partial charge in [0, 0.05) is 6.20 Å². The van der Waals surface area contributed by atoms with Crippen LogP contribution in [0.25, 0.3) is 11.9 Å². The van der Waals surface area contributed by atoms with Crippen LogP contribution in [-0.2, 0) is 0 Å². The molecular formula is C6H3N5. The molecule has 0 amide bonds. The zero-order chi connectivity index (χ0) is 7.26. The largest absolute Gasteiger partial charge is 0.257 e. The third-order valence-electron chi connectivity index (χ3n) is 1.64. The van der Waals surface area contributed by atoms with Gasteiger partial charge in [-0.05, 0) is 6.08 Å². The van der Waals surface area contributed by atoms with E-state index >= 15 is 0 Å². The molecule has 2 aromatic heterocycles. The van der Waals surface area contributed by atoms with Gasteiger partial charge in [-0.25, -0.2) is 14.4 Å². The summed E-state index contributed by atoms with van der Waals surface area (Å²) in [5.74, 6) is 0.614. The minimum atomic E-state index is 0.614. The van der Waals surface area contributed by atoms with Gasteiger partial charge >= 0.3 is 0 Å². The maximum atomic E-state index is 4.16. The van der Waals surface area contributed by atoms with Crippen molar-refractivity contribution in [2.45, 2.75) is 0 Å². The number of hydrogen-bond donors (Lipinski definition) is 0. The molecule has 11 heavy (non-hydrogen) atoms. The maximum Gasteiger partial charge on any atom is 0.257 e. The van der Waals surface area contributed by atoms with E-state index in [0.717, 1.165) is 11.2 Å². The van der Waals surface area contributed by atoms with Crippen LogP contribution in [0.5, 0.6) is 0 Å². The molecule has 0 N–H and O–H groups in total.